The number of ether oxygens (including phenoxy) is 4. The van der Waals surface area contributed by atoms with Crippen molar-refractivity contribution in [1.29, 1.82) is 0 Å². The maximum absolute atomic E-state index is 13.9. The Balaban J connectivity index is 1.48. The van der Waals surface area contributed by atoms with Crippen molar-refractivity contribution < 1.29 is 32.9 Å². The number of hydrogen-bond acceptors (Lipinski definition) is 6. The molecule has 0 radical (unpaired) electrons. The number of para-hydroxylation sites is 1. The molecular formula is C20H19FN2O6. The van der Waals surface area contributed by atoms with Crippen LogP contribution in [0.2, 0.25) is 0 Å². The molecule has 0 spiro atoms. The van der Waals surface area contributed by atoms with E-state index in [9.17, 15) is 14.0 Å². The number of benzene rings is 2. The molecule has 0 aliphatic carbocycles. The SMILES string of the molecule is COC(=O)C1CC(Oc2ccccc2F)CN1C(=O)Nc1ccc2c(c1)OCO2. The smallest absolute Gasteiger partial charge is 0.328 e. The van der Waals surface area contributed by atoms with Gasteiger partial charge in [0.25, 0.3) is 0 Å². The number of halogens is 1. The summed E-state index contributed by atoms with van der Waals surface area (Å²) in [5, 5.41) is 2.73. The molecular weight excluding hydrogens is 383 g/mol. The summed E-state index contributed by atoms with van der Waals surface area (Å²) in [6.07, 6.45) is -0.367. The highest BCUT2D eigenvalue weighted by Gasteiger charge is 2.42. The number of hydrogen-bond donors (Lipinski definition) is 1. The lowest BCUT2D eigenvalue weighted by molar-refractivity contribution is -0.144. The quantitative estimate of drug-likeness (QED) is 0.792. The lowest BCUT2D eigenvalue weighted by Gasteiger charge is -2.22. The molecule has 2 aromatic rings. The van der Waals surface area contributed by atoms with Crippen LogP contribution in [0.4, 0.5) is 14.9 Å². The van der Waals surface area contributed by atoms with Crippen LogP contribution in [0.1, 0.15) is 6.42 Å². The Morgan fingerprint density at radius 3 is 2.76 bits per heavy atom. The van der Waals surface area contributed by atoms with Crippen molar-refractivity contribution in [3.63, 3.8) is 0 Å². The number of amides is 2. The largest absolute Gasteiger partial charge is 0.485 e. The summed E-state index contributed by atoms with van der Waals surface area (Å²) in [4.78, 5) is 26.3. The van der Waals surface area contributed by atoms with Gasteiger partial charge in [0.2, 0.25) is 6.79 Å². The van der Waals surface area contributed by atoms with Gasteiger partial charge >= 0.3 is 12.0 Å². The average molecular weight is 402 g/mol. The van der Waals surface area contributed by atoms with Gasteiger partial charge in [0.15, 0.2) is 23.1 Å². The van der Waals surface area contributed by atoms with Gasteiger partial charge in [-0.15, -0.1) is 0 Å². The second kappa shape index (κ2) is 7.86. The third kappa shape index (κ3) is 3.89. The molecule has 29 heavy (non-hydrogen) atoms. The number of methoxy groups -OCH3 is 1. The molecule has 1 saturated heterocycles. The number of carbonyl (C=O) groups excluding carboxylic acids is 2. The molecule has 1 N–H and O–H groups in total. The second-order valence-corrected chi connectivity index (χ2v) is 6.60. The normalized spacial score (nSPS) is 19.7. The molecule has 0 saturated carbocycles. The fourth-order valence-electron chi connectivity index (χ4n) is 3.36. The van der Waals surface area contributed by atoms with E-state index in [2.05, 4.69) is 5.32 Å². The first kappa shape index (κ1) is 18.9. The summed E-state index contributed by atoms with van der Waals surface area (Å²) in [6.45, 7) is 0.225. The number of carbonyl (C=O) groups is 2. The van der Waals surface area contributed by atoms with Crippen molar-refractivity contribution in [2.75, 3.05) is 25.8 Å². The third-order valence-corrected chi connectivity index (χ3v) is 4.75. The van der Waals surface area contributed by atoms with Crippen molar-refractivity contribution >= 4 is 17.7 Å². The molecule has 2 amide bonds. The second-order valence-electron chi connectivity index (χ2n) is 6.60. The topological polar surface area (TPSA) is 86.3 Å². The maximum atomic E-state index is 13.9. The maximum Gasteiger partial charge on any atom is 0.328 e. The van der Waals surface area contributed by atoms with Gasteiger partial charge in [-0.1, -0.05) is 12.1 Å². The molecule has 2 aliphatic rings. The molecule has 0 bridgehead atoms. The monoisotopic (exact) mass is 402 g/mol. The number of likely N-dealkylation sites (tertiary alicyclic amines) is 1. The van der Waals surface area contributed by atoms with Crippen LogP contribution < -0.4 is 19.5 Å². The van der Waals surface area contributed by atoms with E-state index in [1.165, 1.54) is 24.1 Å². The molecule has 8 nitrogen and oxygen atoms in total. The third-order valence-electron chi connectivity index (χ3n) is 4.75. The van der Waals surface area contributed by atoms with Crippen LogP contribution in [0.15, 0.2) is 42.5 Å². The standard InChI is InChI=1S/C20H19FN2O6/c1-26-19(24)15-9-13(29-16-5-3-2-4-14(16)21)10-23(15)20(25)22-12-6-7-17-18(8-12)28-11-27-17/h2-8,13,15H,9-11H2,1H3,(H,22,25). The highest BCUT2D eigenvalue weighted by Crippen LogP contribution is 2.34. The van der Waals surface area contributed by atoms with Gasteiger partial charge in [0.1, 0.15) is 12.1 Å². The minimum absolute atomic E-state index is 0.0687. The predicted molar refractivity (Wildman–Crippen MR) is 99.5 cm³/mol. The summed E-state index contributed by atoms with van der Waals surface area (Å²) < 4.78 is 34.9. The van der Waals surface area contributed by atoms with Gasteiger partial charge in [-0.3, -0.25) is 0 Å². The van der Waals surface area contributed by atoms with Crippen LogP contribution in [-0.4, -0.2) is 49.5 Å². The van der Waals surface area contributed by atoms with E-state index in [4.69, 9.17) is 18.9 Å². The van der Waals surface area contributed by atoms with E-state index >= 15 is 0 Å². The van der Waals surface area contributed by atoms with Crippen molar-refractivity contribution in [1.82, 2.24) is 4.90 Å². The molecule has 0 aromatic heterocycles. The molecule has 152 valence electrons. The number of nitrogens with zero attached hydrogens (tertiary/aromatic N) is 1. The van der Waals surface area contributed by atoms with Crippen LogP contribution >= 0.6 is 0 Å². The highest BCUT2D eigenvalue weighted by atomic mass is 19.1. The van der Waals surface area contributed by atoms with Crippen molar-refractivity contribution in [3.8, 4) is 17.2 Å². The summed E-state index contributed by atoms with van der Waals surface area (Å²) in [6, 6.07) is 9.63. The number of rotatable bonds is 4. The first-order valence-corrected chi connectivity index (χ1v) is 9.01. The minimum Gasteiger partial charge on any atom is -0.485 e. The van der Waals surface area contributed by atoms with Crippen LogP contribution in [0.5, 0.6) is 17.2 Å². The van der Waals surface area contributed by atoms with Crippen LogP contribution in [-0.2, 0) is 9.53 Å². The van der Waals surface area contributed by atoms with E-state index in [1.54, 1.807) is 30.3 Å². The van der Waals surface area contributed by atoms with Crippen LogP contribution in [0.3, 0.4) is 0 Å². The molecule has 1 fully saturated rings. The Morgan fingerprint density at radius 2 is 1.97 bits per heavy atom. The van der Waals surface area contributed by atoms with Gasteiger partial charge in [-0.2, -0.15) is 0 Å². The number of fused-ring (bicyclic) bond motifs is 1. The van der Waals surface area contributed by atoms with Crippen molar-refractivity contribution in [2.24, 2.45) is 0 Å². The summed E-state index contributed by atoms with van der Waals surface area (Å²) in [5.74, 6) is 0.111. The summed E-state index contributed by atoms with van der Waals surface area (Å²) in [5.41, 5.74) is 0.487. The number of esters is 1. The zero-order chi connectivity index (χ0) is 20.4. The summed E-state index contributed by atoms with van der Waals surface area (Å²) in [7, 11) is 1.25. The fourth-order valence-corrected chi connectivity index (χ4v) is 3.36. The molecule has 2 aromatic carbocycles. The van der Waals surface area contributed by atoms with Crippen LogP contribution in [0, 0.1) is 5.82 Å². The Bertz CT molecular complexity index is 937. The Morgan fingerprint density at radius 1 is 1.17 bits per heavy atom. The molecule has 2 unspecified atom stereocenters. The number of urea groups is 1. The highest BCUT2D eigenvalue weighted by molar-refractivity contribution is 5.93. The predicted octanol–water partition coefficient (Wildman–Crippen LogP) is 2.78. The first-order chi connectivity index (χ1) is 14.0. The fraction of sp³-hybridized carbons (Fsp3) is 0.300. The molecule has 2 heterocycles. The zero-order valence-electron chi connectivity index (χ0n) is 15.6. The van der Waals surface area contributed by atoms with E-state index < -0.39 is 30.0 Å². The van der Waals surface area contributed by atoms with E-state index in [0.29, 0.717) is 17.2 Å². The van der Waals surface area contributed by atoms with E-state index in [1.807, 2.05) is 0 Å². The number of nitrogens with one attached hydrogen (secondary N) is 1. The van der Waals surface area contributed by atoms with Crippen molar-refractivity contribution in [3.05, 3.63) is 48.3 Å². The van der Waals surface area contributed by atoms with Crippen LogP contribution in [0.25, 0.3) is 0 Å². The number of anilines is 1. The Labute approximate surface area is 166 Å². The van der Waals surface area contributed by atoms with E-state index in [0.717, 1.165) is 0 Å². The van der Waals surface area contributed by atoms with Gasteiger partial charge in [0, 0.05) is 18.2 Å². The van der Waals surface area contributed by atoms with Gasteiger partial charge < -0.3 is 29.2 Å². The Kier molecular flexibility index (Phi) is 5.11. The van der Waals surface area contributed by atoms with Gasteiger partial charge in [-0.05, 0) is 24.3 Å². The van der Waals surface area contributed by atoms with Crippen molar-refractivity contribution in [2.45, 2.75) is 18.6 Å². The molecule has 2 aliphatic heterocycles. The van der Waals surface area contributed by atoms with Gasteiger partial charge in [0.05, 0.1) is 13.7 Å². The minimum atomic E-state index is -0.842. The molecule has 9 heteroatoms. The Hall–Kier alpha value is -3.49. The van der Waals surface area contributed by atoms with E-state index in [-0.39, 0.29) is 25.5 Å². The van der Waals surface area contributed by atoms with Gasteiger partial charge in [-0.25, -0.2) is 14.0 Å². The first-order valence-electron chi connectivity index (χ1n) is 9.01. The summed E-state index contributed by atoms with van der Waals surface area (Å²) >= 11 is 0. The lowest BCUT2D eigenvalue weighted by atomic mass is 10.2. The molecule has 2 atom stereocenters. The average Bonchev–Trinajstić information content (AvgIpc) is 3.35. The lowest BCUT2D eigenvalue weighted by Crippen LogP contribution is -2.43. The molecule has 4 rings (SSSR count). The zero-order valence-corrected chi connectivity index (χ0v) is 15.6.